The summed E-state index contributed by atoms with van der Waals surface area (Å²) in [6, 6.07) is 18.3. The van der Waals surface area contributed by atoms with E-state index in [0.717, 1.165) is 29.3 Å². The first-order valence-corrected chi connectivity index (χ1v) is 11.1. The fourth-order valence-electron chi connectivity index (χ4n) is 3.54. The van der Waals surface area contributed by atoms with Crippen LogP contribution in [-0.4, -0.2) is 31.1 Å². The Morgan fingerprint density at radius 3 is 2.43 bits per heavy atom. The summed E-state index contributed by atoms with van der Waals surface area (Å²) in [5.74, 6) is -0.0959. The molecule has 0 amide bonds. The number of H-pyrrole nitrogens is 1. The molecule has 3 aromatic rings. The lowest BCUT2D eigenvalue weighted by molar-refractivity contribution is -0.117. The lowest BCUT2D eigenvalue weighted by Gasteiger charge is -2.18. The summed E-state index contributed by atoms with van der Waals surface area (Å²) in [4.78, 5) is 16.0. The number of ketones is 1. The predicted molar refractivity (Wildman–Crippen MR) is 112 cm³/mol. The van der Waals surface area contributed by atoms with Gasteiger partial charge in [0.2, 0.25) is 0 Å². The van der Waals surface area contributed by atoms with Gasteiger partial charge in [-0.25, -0.2) is 0 Å². The maximum atomic E-state index is 12.7. The molecule has 0 aliphatic rings. The summed E-state index contributed by atoms with van der Waals surface area (Å²) in [7, 11) is -0.733. The Labute approximate surface area is 165 Å². The molecule has 0 radical (unpaired) electrons. The Morgan fingerprint density at radius 2 is 1.71 bits per heavy atom. The van der Waals surface area contributed by atoms with E-state index in [1.807, 2.05) is 42.6 Å². The first-order valence-electron chi connectivity index (χ1n) is 9.37. The molecule has 0 saturated carbocycles. The number of rotatable bonds is 10. The Balaban J connectivity index is 1.82. The average Bonchev–Trinajstić information content (AvgIpc) is 3.16. The average molecular weight is 399 g/mol. The van der Waals surface area contributed by atoms with Crippen molar-refractivity contribution in [2.45, 2.75) is 25.2 Å². The first kappa shape index (κ1) is 20.5. The molecule has 0 bridgehead atoms. The second-order valence-electron chi connectivity index (χ2n) is 6.89. The van der Waals surface area contributed by atoms with E-state index in [2.05, 4.69) is 23.2 Å². The van der Waals surface area contributed by atoms with Gasteiger partial charge in [0.25, 0.3) is 0 Å². The third-order valence-corrected chi connectivity index (χ3v) is 6.94. The van der Waals surface area contributed by atoms with E-state index in [-0.39, 0.29) is 17.9 Å². The molecule has 0 aliphatic heterocycles. The number of aryl methyl sites for hydroxylation is 1. The van der Waals surface area contributed by atoms with Crippen molar-refractivity contribution in [3.8, 4) is 0 Å². The van der Waals surface area contributed by atoms with Gasteiger partial charge in [0.15, 0.2) is 0 Å². The normalized spacial score (nSPS) is 12.9. The van der Waals surface area contributed by atoms with Gasteiger partial charge in [-0.1, -0.05) is 48.5 Å². The van der Waals surface area contributed by atoms with Gasteiger partial charge in [0.1, 0.15) is 11.9 Å². The molecule has 0 spiro atoms. The third kappa shape index (κ3) is 4.99. The number of nitrogens with one attached hydrogen (secondary N) is 1. The summed E-state index contributed by atoms with van der Waals surface area (Å²) >= 11 is 0. The number of aromatic amines is 1. The minimum atomic E-state index is -3.35. The molecule has 1 aromatic heterocycles. The number of para-hydroxylation sites is 1. The van der Waals surface area contributed by atoms with Gasteiger partial charge in [0.05, 0.1) is 0 Å². The zero-order valence-corrected chi connectivity index (χ0v) is 17.2. The SMILES string of the molecule is COP(=O)(CC(=O)C[C@H](CCc1ccccc1)c1c[nH]c2ccccc12)OC. The van der Waals surface area contributed by atoms with Crippen molar-refractivity contribution in [2.24, 2.45) is 0 Å². The first-order chi connectivity index (χ1) is 13.5. The van der Waals surface area contributed by atoms with Crippen molar-refractivity contribution >= 4 is 24.3 Å². The Kier molecular flexibility index (Phi) is 6.84. The number of hydrogen-bond donors (Lipinski definition) is 1. The van der Waals surface area contributed by atoms with E-state index in [1.165, 1.54) is 19.8 Å². The Bertz CT molecular complexity index is 959. The maximum Gasteiger partial charge on any atom is 0.337 e. The lowest BCUT2D eigenvalue weighted by Crippen LogP contribution is -2.13. The zero-order valence-electron chi connectivity index (χ0n) is 16.3. The van der Waals surface area contributed by atoms with E-state index < -0.39 is 7.60 Å². The molecule has 1 heterocycles. The van der Waals surface area contributed by atoms with Crippen LogP contribution in [0, 0.1) is 0 Å². The quantitative estimate of drug-likeness (QED) is 0.468. The molecular weight excluding hydrogens is 373 g/mol. The molecule has 0 fully saturated rings. The number of fused-ring (bicyclic) bond motifs is 1. The molecule has 6 heteroatoms. The van der Waals surface area contributed by atoms with Crippen LogP contribution in [0.2, 0.25) is 0 Å². The van der Waals surface area contributed by atoms with Crippen molar-refractivity contribution in [2.75, 3.05) is 20.4 Å². The van der Waals surface area contributed by atoms with Crippen LogP contribution in [-0.2, 0) is 24.8 Å². The van der Waals surface area contributed by atoms with Gasteiger partial charge in [-0.2, -0.15) is 0 Å². The predicted octanol–water partition coefficient (Wildman–Crippen LogP) is 5.33. The third-order valence-electron chi connectivity index (χ3n) is 5.09. The lowest BCUT2D eigenvalue weighted by atomic mass is 9.88. The smallest absolute Gasteiger partial charge is 0.337 e. The van der Waals surface area contributed by atoms with Gasteiger partial charge in [-0.15, -0.1) is 0 Å². The summed E-state index contributed by atoms with van der Waals surface area (Å²) in [5, 5.41) is 1.12. The summed E-state index contributed by atoms with van der Waals surface area (Å²) in [6.45, 7) is 0. The van der Waals surface area contributed by atoms with Crippen molar-refractivity contribution < 1.29 is 18.4 Å². The van der Waals surface area contributed by atoms with Crippen molar-refractivity contribution in [1.29, 1.82) is 0 Å². The summed E-state index contributed by atoms with van der Waals surface area (Å²) in [6.07, 6.45) is 3.77. The van der Waals surface area contributed by atoms with Crippen LogP contribution in [0.4, 0.5) is 0 Å². The molecule has 0 unspecified atom stereocenters. The highest BCUT2D eigenvalue weighted by molar-refractivity contribution is 7.54. The second-order valence-corrected chi connectivity index (χ2v) is 9.16. The van der Waals surface area contributed by atoms with Crippen molar-refractivity contribution in [1.82, 2.24) is 4.98 Å². The van der Waals surface area contributed by atoms with Crippen LogP contribution in [0.5, 0.6) is 0 Å². The number of carbonyl (C=O) groups excluding carboxylic acids is 1. The van der Waals surface area contributed by atoms with Crippen molar-refractivity contribution in [3.05, 3.63) is 71.9 Å². The van der Waals surface area contributed by atoms with Gasteiger partial charge >= 0.3 is 7.60 Å². The minimum absolute atomic E-state index is 0.0195. The highest BCUT2D eigenvalue weighted by Crippen LogP contribution is 2.47. The molecule has 2 aromatic carbocycles. The van der Waals surface area contributed by atoms with Gasteiger partial charge in [0, 0.05) is 37.7 Å². The maximum absolute atomic E-state index is 12.7. The van der Waals surface area contributed by atoms with Gasteiger partial charge < -0.3 is 14.0 Å². The minimum Gasteiger partial charge on any atom is -0.361 e. The molecule has 3 rings (SSSR count). The fourth-order valence-corrected chi connectivity index (χ4v) is 4.51. The molecule has 1 atom stereocenters. The van der Waals surface area contributed by atoms with E-state index >= 15 is 0 Å². The molecule has 1 N–H and O–H groups in total. The summed E-state index contributed by atoms with van der Waals surface area (Å²) in [5.41, 5.74) is 3.40. The number of hydrogen-bond acceptors (Lipinski definition) is 4. The van der Waals surface area contributed by atoms with E-state index in [9.17, 15) is 9.36 Å². The van der Waals surface area contributed by atoms with E-state index in [0.29, 0.717) is 6.42 Å². The molecule has 28 heavy (non-hydrogen) atoms. The van der Waals surface area contributed by atoms with Crippen LogP contribution in [0.15, 0.2) is 60.8 Å². The standard InChI is InChI=1S/C22H26NO4P/c1-26-28(25,27-2)16-19(24)14-18(13-12-17-8-4-3-5-9-17)21-15-23-22-11-7-6-10-20(21)22/h3-11,15,18,23H,12-14,16H2,1-2H3/t18-/m0/s1. The fraction of sp³-hybridized carbons (Fsp3) is 0.318. The van der Waals surface area contributed by atoms with Crippen LogP contribution in [0.1, 0.15) is 29.9 Å². The highest BCUT2D eigenvalue weighted by Gasteiger charge is 2.28. The van der Waals surface area contributed by atoms with E-state index in [4.69, 9.17) is 9.05 Å². The van der Waals surface area contributed by atoms with Crippen molar-refractivity contribution in [3.63, 3.8) is 0 Å². The van der Waals surface area contributed by atoms with Crippen LogP contribution < -0.4 is 0 Å². The number of benzene rings is 2. The Hall–Kier alpha value is -2.20. The monoisotopic (exact) mass is 399 g/mol. The molecular formula is C22H26NO4P. The highest BCUT2D eigenvalue weighted by atomic mass is 31.2. The zero-order chi connectivity index (χ0) is 20.0. The largest absolute Gasteiger partial charge is 0.361 e. The number of Topliss-reactive ketones (excluding diaryl/α,β-unsaturated/α-hetero) is 1. The van der Waals surface area contributed by atoms with Crippen LogP contribution in [0.3, 0.4) is 0 Å². The van der Waals surface area contributed by atoms with Crippen LogP contribution >= 0.6 is 7.60 Å². The second kappa shape index (κ2) is 9.33. The molecule has 148 valence electrons. The topological polar surface area (TPSA) is 68.4 Å². The molecule has 0 saturated heterocycles. The summed E-state index contributed by atoms with van der Waals surface area (Å²) < 4.78 is 22.2. The van der Waals surface area contributed by atoms with E-state index in [1.54, 1.807) is 0 Å². The number of carbonyl (C=O) groups is 1. The molecule has 5 nitrogen and oxygen atoms in total. The van der Waals surface area contributed by atoms with Gasteiger partial charge in [-0.05, 0) is 36.0 Å². The van der Waals surface area contributed by atoms with Crippen LogP contribution in [0.25, 0.3) is 10.9 Å². The Morgan fingerprint density at radius 1 is 1.04 bits per heavy atom. The number of aromatic nitrogens is 1. The van der Waals surface area contributed by atoms with Gasteiger partial charge in [-0.3, -0.25) is 9.36 Å². The molecule has 0 aliphatic carbocycles.